The van der Waals surface area contributed by atoms with Crippen LogP contribution in [0.5, 0.6) is 0 Å². The van der Waals surface area contributed by atoms with Crippen molar-refractivity contribution in [1.82, 2.24) is 9.97 Å². The number of H-pyrrole nitrogens is 1. The van der Waals surface area contributed by atoms with Crippen molar-refractivity contribution >= 4 is 15.7 Å². The quantitative estimate of drug-likeness (QED) is 0.861. The molecule has 0 aliphatic heterocycles. The summed E-state index contributed by atoms with van der Waals surface area (Å²) in [5, 5.41) is 0. The maximum Gasteiger partial charge on any atom is 0.263 e. The fraction of sp³-hybridized carbons (Fsp3) is 0.0909. The number of nitrogens with one attached hydrogen (secondary N) is 2. The maximum atomic E-state index is 11.9. The molecule has 0 saturated carbocycles. The molecule has 18 heavy (non-hydrogen) atoms. The molecule has 2 aromatic rings. The summed E-state index contributed by atoms with van der Waals surface area (Å²) in [6, 6.07) is 5.71. The van der Waals surface area contributed by atoms with Crippen LogP contribution in [0.25, 0.3) is 0 Å². The van der Waals surface area contributed by atoms with Gasteiger partial charge < -0.3 is 4.98 Å². The Labute approximate surface area is 104 Å². The molecule has 2 N–H and O–H groups in total. The lowest BCUT2D eigenvalue weighted by Crippen LogP contribution is -2.15. The predicted octanol–water partition coefficient (Wildman–Crippen LogP) is 0.879. The highest BCUT2D eigenvalue weighted by atomic mass is 32.2. The van der Waals surface area contributed by atoms with Gasteiger partial charge in [-0.2, -0.15) is 0 Å². The molecule has 0 amide bonds. The molecule has 0 unspecified atom stereocenters. The average molecular weight is 265 g/mol. The van der Waals surface area contributed by atoms with E-state index in [1.807, 2.05) is 0 Å². The lowest BCUT2D eigenvalue weighted by atomic mass is 10.4. The third-order valence-corrected chi connectivity index (χ3v) is 3.61. The highest BCUT2D eigenvalue weighted by Crippen LogP contribution is 2.13. The van der Waals surface area contributed by atoms with E-state index in [1.54, 1.807) is 19.1 Å². The molecule has 6 nitrogen and oxygen atoms in total. The average Bonchev–Trinajstić information content (AvgIpc) is 2.32. The van der Waals surface area contributed by atoms with E-state index in [-0.39, 0.29) is 10.5 Å². The number of sulfonamides is 1. The van der Waals surface area contributed by atoms with E-state index >= 15 is 0 Å². The van der Waals surface area contributed by atoms with Gasteiger partial charge in [0.05, 0.1) is 11.9 Å². The normalized spacial score (nSPS) is 11.2. The summed E-state index contributed by atoms with van der Waals surface area (Å²) in [6.07, 6.45) is 2.57. The first-order valence-corrected chi connectivity index (χ1v) is 6.60. The fourth-order valence-electron chi connectivity index (χ4n) is 1.31. The van der Waals surface area contributed by atoms with E-state index in [1.165, 1.54) is 12.3 Å². The molecule has 94 valence electrons. The maximum absolute atomic E-state index is 11.9. The smallest absolute Gasteiger partial charge is 0.263 e. The van der Waals surface area contributed by atoms with Crippen LogP contribution in [0.1, 0.15) is 5.69 Å². The van der Waals surface area contributed by atoms with Gasteiger partial charge in [0, 0.05) is 18.0 Å². The summed E-state index contributed by atoms with van der Waals surface area (Å²) in [5.41, 5.74) is 0.805. The van der Waals surface area contributed by atoms with E-state index < -0.39 is 10.0 Å². The molecule has 2 aromatic heterocycles. The molecule has 0 aliphatic carbocycles. The van der Waals surface area contributed by atoms with Crippen molar-refractivity contribution in [3.8, 4) is 0 Å². The number of aryl methyl sites for hydroxylation is 1. The lowest BCUT2D eigenvalue weighted by molar-refractivity contribution is 0.600. The van der Waals surface area contributed by atoms with Crippen LogP contribution in [0.2, 0.25) is 0 Å². The summed E-state index contributed by atoms with van der Waals surface area (Å²) in [6.45, 7) is 1.81. The molecule has 0 saturated heterocycles. The Morgan fingerprint density at radius 1 is 1.22 bits per heavy atom. The van der Waals surface area contributed by atoms with Crippen molar-refractivity contribution < 1.29 is 8.42 Å². The third kappa shape index (κ3) is 2.75. The van der Waals surface area contributed by atoms with E-state index in [0.29, 0.717) is 5.69 Å². The second kappa shape index (κ2) is 4.61. The van der Waals surface area contributed by atoms with Gasteiger partial charge >= 0.3 is 0 Å². The zero-order valence-corrected chi connectivity index (χ0v) is 10.4. The monoisotopic (exact) mass is 265 g/mol. The second-order valence-corrected chi connectivity index (χ2v) is 5.36. The van der Waals surface area contributed by atoms with Gasteiger partial charge in [0.2, 0.25) is 5.56 Å². The Morgan fingerprint density at radius 3 is 2.56 bits per heavy atom. The van der Waals surface area contributed by atoms with Gasteiger partial charge in [0.1, 0.15) is 4.90 Å². The van der Waals surface area contributed by atoms with Gasteiger partial charge in [-0.1, -0.05) is 0 Å². The van der Waals surface area contributed by atoms with Crippen LogP contribution in [-0.2, 0) is 10.0 Å². The van der Waals surface area contributed by atoms with Crippen molar-refractivity contribution in [3.63, 3.8) is 0 Å². The first-order valence-electron chi connectivity index (χ1n) is 5.11. The molecule has 0 aliphatic rings. The van der Waals surface area contributed by atoms with Gasteiger partial charge in [0.25, 0.3) is 10.0 Å². The minimum atomic E-state index is -3.70. The Kier molecular flexibility index (Phi) is 3.15. The molecule has 0 atom stereocenters. The fourth-order valence-corrected chi connectivity index (χ4v) is 2.32. The van der Waals surface area contributed by atoms with Gasteiger partial charge in [0.15, 0.2) is 0 Å². The first-order chi connectivity index (χ1) is 8.47. The zero-order chi connectivity index (χ0) is 13.2. The molecule has 0 spiro atoms. The van der Waals surface area contributed by atoms with Gasteiger partial charge in [-0.15, -0.1) is 0 Å². The number of rotatable bonds is 3. The standard InChI is InChI=1S/C11H11N3O3S/c1-8-2-3-9(6-12-8)14-18(16,17)10-4-5-11(15)13-7-10/h2-7,14H,1H3,(H,13,15). The van der Waals surface area contributed by atoms with E-state index in [9.17, 15) is 13.2 Å². The number of hydrogen-bond donors (Lipinski definition) is 2. The van der Waals surface area contributed by atoms with E-state index in [0.717, 1.165) is 18.0 Å². The van der Waals surface area contributed by atoms with Crippen LogP contribution < -0.4 is 10.3 Å². The summed E-state index contributed by atoms with van der Waals surface area (Å²) in [4.78, 5) is 17.1. The Bertz CT molecular complexity index is 685. The van der Waals surface area contributed by atoms with Gasteiger partial charge in [-0.3, -0.25) is 14.5 Å². The van der Waals surface area contributed by atoms with Crippen LogP contribution in [0, 0.1) is 6.92 Å². The summed E-state index contributed by atoms with van der Waals surface area (Å²) in [5.74, 6) is 0. The molecular weight excluding hydrogens is 254 g/mol. The highest BCUT2D eigenvalue weighted by Gasteiger charge is 2.14. The Morgan fingerprint density at radius 2 is 2.00 bits per heavy atom. The topological polar surface area (TPSA) is 91.9 Å². The number of aromatic nitrogens is 2. The molecule has 0 aromatic carbocycles. The van der Waals surface area contributed by atoms with Crippen LogP contribution in [0.3, 0.4) is 0 Å². The summed E-state index contributed by atoms with van der Waals surface area (Å²) >= 11 is 0. The largest absolute Gasteiger partial charge is 0.328 e. The highest BCUT2D eigenvalue weighted by molar-refractivity contribution is 7.92. The zero-order valence-electron chi connectivity index (χ0n) is 9.54. The van der Waals surface area contributed by atoms with Crippen molar-refractivity contribution in [2.45, 2.75) is 11.8 Å². The number of anilines is 1. The Hall–Kier alpha value is -2.15. The minimum absolute atomic E-state index is 0.0114. The number of pyridine rings is 2. The predicted molar refractivity (Wildman–Crippen MR) is 66.8 cm³/mol. The second-order valence-electron chi connectivity index (χ2n) is 3.68. The van der Waals surface area contributed by atoms with Crippen molar-refractivity contribution in [3.05, 3.63) is 52.7 Å². The van der Waals surface area contributed by atoms with Gasteiger partial charge in [-0.25, -0.2) is 8.42 Å². The van der Waals surface area contributed by atoms with Crippen molar-refractivity contribution in [2.24, 2.45) is 0 Å². The molecule has 7 heteroatoms. The molecule has 0 fully saturated rings. The SMILES string of the molecule is Cc1ccc(NS(=O)(=O)c2ccc(=O)[nH]c2)cn1. The first kappa shape index (κ1) is 12.3. The molecule has 0 bridgehead atoms. The van der Waals surface area contributed by atoms with Crippen molar-refractivity contribution in [2.75, 3.05) is 4.72 Å². The van der Waals surface area contributed by atoms with E-state index in [4.69, 9.17) is 0 Å². The molecule has 2 heterocycles. The minimum Gasteiger partial charge on any atom is -0.328 e. The third-order valence-electron chi connectivity index (χ3n) is 2.23. The lowest BCUT2D eigenvalue weighted by Gasteiger charge is -2.07. The molecular formula is C11H11N3O3S. The van der Waals surface area contributed by atoms with Crippen LogP contribution in [-0.4, -0.2) is 18.4 Å². The Balaban J connectivity index is 2.29. The number of aromatic amines is 1. The number of nitrogens with zero attached hydrogens (tertiary/aromatic N) is 1. The molecule has 2 rings (SSSR count). The number of hydrogen-bond acceptors (Lipinski definition) is 4. The van der Waals surface area contributed by atoms with Crippen LogP contribution in [0.4, 0.5) is 5.69 Å². The van der Waals surface area contributed by atoms with Crippen LogP contribution >= 0.6 is 0 Å². The molecule has 0 radical (unpaired) electrons. The summed E-state index contributed by atoms with van der Waals surface area (Å²) in [7, 11) is -3.70. The van der Waals surface area contributed by atoms with Crippen LogP contribution in [0.15, 0.2) is 46.3 Å². The van der Waals surface area contributed by atoms with Crippen molar-refractivity contribution in [1.29, 1.82) is 0 Å². The van der Waals surface area contributed by atoms with E-state index in [2.05, 4.69) is 14.7 Å². The summed E-state index contributed by atoms with van der Waals surface area (Å²) < 4.78 is 26.2. The van der Waals surface area contributed by atoms with Gasteiger partial charge in [-0.05, 0) is 25.1 Å².